The molecule has 0 saturated heterocycles. The fourth-order valence-corrected chi connectivity index (χ4v) is 1.70. The molecule has 128 valence electrons. The lowest BCUT2D eigenvalue weighted by Gasteiger charge is -2.05. The molecule has 0 fully saturated rings. The zero-order valence-corrected chi connectivity index (χ0v) is 13.7. The lowest BCUT2D eigenvalue weighted by Crippen LogP contribution is -1.93. The van der Waals surface area contributed by atoms with E-state index in [9.17, 15) is 8.78 Å². The van der Waals surface area contributed by atoms with Crippen LogP contribution in [-0.4, -0.2) is 15.0 Å². The summed E-state index contributed by atoms with van der Waals surface area (Å²) in [5.41, 5.74) is 0.236. The molecule has 3 aromatic rings. The second kappa shape index (κ2) is 9.02. The molecule has 0 spiro atoms. The average molecular weight is 372 g/mol. The Hall–Kier alpha value is -3.62. The molecule has 6 nitrogen and oxygen atoms in total. The fraction of sp³-hybridized carbons (Fsp3) is 0. The molecule has 3 aromatic heterocycles. The quantitative estimate of drug-likeness (QED) is 0.631. The van der Waals surface area contributed by atoms with Gasteiger partial charge in [-0.25, -0.2) is 19.3 Å². The molecule has 3 heterocycles. The summed E-state index contributed by atoms with van der Waals surface area (Å²) in [5, 5.41) is 16.8. The molecule has 0 bridgehead atoms. The van der Waals surface area contributed by atoms with Crippen LogP contribution in [0.2, 0.25) is 5.15 Å². The predicted molar refractivity (Wildman–Crippen MR) is 87.1 cm³/mol. The Bertz CT molecular complexity index is 1000. The molecule has 0 aliphatic heterocycles. The SMILES string of the molecule is N#Cc1cccnc1F.N#Cc1cccnc1Oc1cnc(Cl)c(F)c1. The van der Waals surface area contributed by atoms with Gasteiger partial charge in [0.2, 0.25) is 11.8 Å². The average Bonchev–Trinajstić information content (AvgIpc) is 2.66. The van der Waals surface area contributed by atoms with Gasteiger partial charge in [0.15, 0.2) is 16.7 Å². The zero-order valence-electron chi connectivity index (χ0n) is 12.9. The van der Waals surface area contributed by atoms with E-state index in [0.29, 0.717) is 0 Å². The lowest BCUT2D eigenvalue weighted by molar-refractivity contribution is 0.453. The minimum absolute atomic E-state index is 0.0162. The number of halogens is 3. The van der Waals surface area contributed by atoms with Crippen molar-refractivity contribution in [2.45, 2.75) is 0 Å². The number of hydrogen-bond acceptors (Lipinski definition) is 6. The number of nitriles is 2. The summed E-state index contributed by atoms with van der Waals surface area (Å²) in [7, 11) is 0. The Morgan fingerprint density at radius 1 is 0.962 bits per heavy atom. The first kappa shape index (κ1) is 18.7. The number of rotatable bonds is 2. The van der Waals surface area contributed by atoms with Crippen LogP contribution in [0.5, 0.6) is 11.6 Å². The first-order valence-corrected chi connectivity index (χ1v) is 7.27. The molecule has 3 rings (SSSR count). The van der Waals surface area contributed by atoms with Gasteiger partial charge < -0.3 is 4.74 Å². The third-order valence-corrected chi connectivity index (χ3v) is 3.03. The van der Waals surface area contributed by atoms with Gasteiger partial charge >= 0.3 is 0 Å². The largest absolute Gasteiger partial charge is 0.436 e. The van der Waals surface area contributed by atoms with Crippen LogP contribution >= 0.6 is 11.6 Å². The highest BCUT2D eigenvalue weighted by Crippen LogP contribution is 2.24. The molecule has 9 heteroatoms. The molecular weight excluding hydrogens is 364 g/mol. The maximum atomic E-state index is 13.1. The van der Waals surface area contributed by atoms with E-state index >= 15 is 0 Å². The number of hydrogen-bond donors (Lipinski definition) is 0. The van der Waals surface area contributed by atoms with E-state index in [1.165, 1.54) is 30.7 Å². The molecule has 0 N–H and O–H groups in total. The van der Waals surface area contributed by atoms with Gasteiger partial charge in [-0.3, -0.25) is 0 Å². The molecule has 0 amide bonds. The molecule has 0 aliphatic carbocycles. The summed E-state index contributed by atoms with van der Waals surface area (Å²) in [4.78, 5) is 10.7. The summed E-state index contributed by atoms with van der Waals surface area (Å²) in [6, 6.07) is 10.7. The van der Waals surface area contributed by atoms with Crippen molar-refractivity contribution in [3.63, 3.8) is 0 Å². The van der Waals surface area contributed by atoms with Crippen molar-refractivity contribution in [2.24, 2.45) is 0 Å². The highest BCUT2D eigenvalue weighted by molar-refractivity contribution is 6.29. The normalized spacial score (nSPS) is 9.27. The standard InChI is InChI=1S/C11H5ClFN3O.C6H3FN2/c12-10-9(13)4-8(6-16-10)17-11-7(5-14)2-1-3-15-11;7-6-5(4-8)2-1-3-9-6/h1-4,6H;1-3H. The molecule has 0 atom stereocenters. The smallest absolute Gasteiger partial charge is 0.237 e. The second-order valence-electron chi connectivity index (χ2n) is 4.47. The summed E-state index contributed by atoms with van der Waals surface area (Å²) >= 11 is 5.43. The fourth-order valence-electron chi connectivity index (χ4n) is 1.60. The van der Waals surface area contributed by atoms with Crippen LogP contribution in [0.3, 0.4) is 0 Å². The summed E-state index contributed by atoms with van der Waals surface area (Å²) in [5.74, 6) is -1.18. The predicted octanol–water partition coefficient (Wildman–Crippen LogP) is 4.03. The van der Waals surface area contributed by atoms with Gasteiger partial charge in [0, 0.05) is 18.5 Å². The van der Waals surface area contributed by atoms with E-state index in [-0.39, 0.29) is 27.9 Å². The van der Waals surface area contributed by atoms with Crippen LogP contribution in [0.25, 0.3) is 0 Å². The molecule has 0 unspecified atom stereocenters. The van der Waals surface area contributed by atoms with E-state index in [2.05, 4.69) is 15.0 Å². The Labute approximate surface area is 151 Å². The Morgan fingerprint density at radius 2 is 1.62 bits per heavy atom. The molecule has 0 aliphatic rings. The maximum Gasteiger partial charge on any atom is 0.237 e. The van der Waals surface area contributed by atoms with Gasteiger partial charge in [-0.05, 0) is 24.3 Å². The van der Waals surface area contributed by atoms with Crippen molar-refractivity contribution in [3.8, 4) is 23.8 Å². The second-order valence-corrected chi connectivity index (χ2v) is 4.83. The third-order valence-electron chi connectivity index (χ3n) is 2.76. The van der Waals surface area contributed by atoms with Crippen molar-refractivity contribution < 1.29 is 13.5 Å². The minimum Gasteiger partial charge on any atom is -0.436 e. The summed E-state index contributed by atoms with van der Waals surface area (Å²) < 4.78 is 30.6. The molecule has 0 radical (unpaired) electrons. The first-order valence-electron chi connectivity index (χ1n) is 6.89. The molecule has 0 saturated carbocycles. The van der Waals surface area contributed by atoms with Crippen molar-refractivity contribution in [3.05, 3.63) is 77.0 Å². The zero-order chi connectivity index (χ0) is 18.9. The van der Waals surface area contributed by atoms with Gasteiger partial charge in [0.1, 0.15) is 23.3 Å². The van der Waals surface area contributed by atoms with Crippen LogP contribution in [0, 0.1) is 34.4 Å². The topological polar surface area (TPSA) is 95.5 Å². The van der Waals surface area contributed by atoms with Crippen LogP contribution in [0.15, 0.2) is 48.9 Å². The highest BCUT2D eigenvalue weighted by Gasteiger charge is 2.08. The van der Waals surface area contributed by atoms with Gasteiger partial charge in [-0.15, -0.1) is 0 Å². The Morgan fingerprint density at radius 3 is 2.19 bits per heavy atom. The van der Waals surface area contributed by atoms with E-state index in [0.717, 1.165) is 6.07 Å². The van der Waals surface area contributed by atoms with Crippen molar-refractivity contribution in [2.75, 3.05) is 0 Å². The number of pyridine rings is 3. The van der Waals surface area contributed by atoms with Gasteiger partial charge in [-0.1, -0.05) is 11.6 Å². The number of ether oxygens (including phenoxy) is 1. The highest BCUT2D eigenvalue weighted by atomic mass is 35.5. The van der Waals surface area contributed by atoms with Crippen molar-refractivity contribution in [1.82, 2.24) is 15.0 Å². The summed E-state index contributed by atoms with van der Waals surface area (Å²) in [6.45, 7) is 0. The van der Waals surface area contributed by atoms with Crippen LogP contribution in [0.1, 0.15) is 11.1 Å². The Kier molecular flexibility index (Phi) is 6.49. The molecular formula is C17H8ClF2N5O. The maximum absolute atomic E-state index is 13.1. The van der Waals surface area contributed by atoms with Crippen LogP contribution in [0.4, 0.5) is 8.78 Å². The van der Waals surface area contributed by atoms with E-state index < -0.39 is 11.8 Å². The first-order chi connectivity index (χ1) is 12.5. The monoisotopic (exact) mass is 371 g/mol. The van der Waals surface area contributed by atoms with Crippen molar-refractivity contribution in [1.29, 1.82) is 10.5 Å². The van der Waals surface area contributed by atoms with Crippen LogP contribution < -0.4 is 4.74 Å². The number of nitrogens with zero attached hydrogens (tertiary/aromatic N) is 5. The Balaban J connectivity index is 0.000000228. The van der Waals surface area contributed by atoms with E-state index in [1.54, 1.807) is 18.2 Å². The third kappa shape index (κ3) is 4.94. The molecule has 26 heavy (non-hydrogen) atoms. The van der Waals surface area contributed by atoms with Gasteiger partial charge in [0.05, 0.1) is 6.20 Å². The van der Waals surface area contributed by atoms with E-state index in [4.69, 9.17) is 26.9 Å². The van der Waals surface area contributed by atoms with Crippen molar-refractivity contribution >= 4 is 11.6 Å². The molecule has 0 aromatic carbocycles. The number of aromatic nitrogens is 3. The van der Waals surface area contributed by atoms with Gasteiger partial charge in [-0.2, -0.15) is 14.9 Å². The van der Waals surface area contributed by atoms with E-state index in [1.807, 2.05) is 6.07 Å². The lowest BCUT2D eigenvalue weighted by atomic mass is 10.3. The minimum atomic E-state index is -0.708. The van der Waals surface area contributed by atoms with Gasteiger partial charge in [0.25, 0.3) is 0 Å². The summed E-state index contributed by atoms with van der Waals surface area (Å²) in [6.07, 6.45) is 4.02. The van der Waals surface area contributed by atoms with Crippen LogP contribution in [-0.2, 0) is 0 Å².